The smallest absolute Gasteiger partial charge is 0.230 e. The van der Waals surface area contributed by atoms with Gasteiger partial charge in [0, 0.05) is 1.43 Å². The molecule has 0 aromatic carbocycles. The van der Waals surface area contributed by atoms with Crippen LogP contribution in [0.1, 0.15) is 21.0 Å². The molecule has 0 aliphatic rings. The molecule has 0 saturated heterocycles. The van der Waals surface area contributed by atoms with Crippen molar-refractivity contribution >= 4 is 18.5 Å². The molecule has 0 bridgehead atoms. The van der Waals surface area contributed by atoms with Crippen LogP contribution >= 0.6 is 12.6 Å². The summed E-state index contributed by atoms with van der Waals surface area (Å²) >= 11 is 3.80. The average molecular weight is 203 g/mol. The van der Waals surface area contributed by atoms with E-state index >= 15 is 0 Å². The quantitative estimate of drug-likeness (QED) is 0.739. The molecule has 4 heteroatoms. The maximum Gasteiger partial charge on any atom is 0.230 e. The van der Waals surface area contributed by atoms with Gasteiger partial charge in [0.15, 0.2) is 0 Å². The zero-order valence-corrected chi connectivity index (χ0v) is 8.80. The SMILES string of the molecule is CC.O=C(CS)NCc1ccco1.[HH]. The van der Waals surface area contributed by atoms with Gasteiger partial charge in [0.1, 0.15) is 5.76 Å². The van der Waals surface area contributed by atoms with Gasteiger partial charge >= 0.3 is 0 Å². The Morgan fingerprint density at radius 2 is 2.38 bits per heavy atom. The highest BCUT2D eigenvalue weighted by Crippen LogP contribution is 1.97. The molecule has 1 aromatic heterocycles. The molecule has 0 aliphatic carbocycles. The highest BCUT2D eigenvalue weighted by molar-refractivity contribution is 7.81. The van der Waals surface area contributed by atoms with Crippen molar-refractivity contribution in [3.63, 3.8) is 0 Å². The molecule has 0 fully saturated rings. The van der Waals surface area contributed by atoms with Crippen molar-refractivity contribution < 1.29 is 10.6 Å². The number of carbonyl (C=O) groups is 1. The molecular weight excluding hydrogens is 186 g/mol. The first kappa shape index (κ1) is 12.1. The summed E-state index contributed by atoms with van der Waals surface area (Å²) in [5.41, 5.74) is 0. The second-order valence-electron chi connectivity index (χ2n) is 2.01. The first-order valence-corrected chi connectivity index (χ1v) is 4.86. The van der Waals surface area contributed by atoms with Crippen molar-refractivity contribution in [1.29, 1.82) is 0 Å². The van der Waals surface area contributed by atoms with Crippen LogP contribution in [0.2, 0.25) is 0 Å². The van der Waals surface area contributed by atoms with Crippen LogP contribution in [-0.4, -0.2) is 11.7 Å². The van der Waals surface area contributed by atoms with Crippen LogP contribution in [0.5, 0.6) is 0 Å². The number of hydrogen-bond acceptors (Lipinski definition) is 3. The number of thiol groups is 1. The van der Waals surface area contributed by atoms with E-state index in [1.54, 1.807) is 18.4 Å². The molecule has 0 saturated carbocycles. The van der Waals surface area contributed by atoms with Crippen molar-refractivity contribution in [3.8, 4) is 0 Å². The van der Waals surface area contributed by atoms with Crippen LogP contribution in [0.15, 0.2) is 22.8 Å². The summed E-state index contributed by atoms with van der Waals surface area (Å²) < 4.78 is 4.99. The Balaban J connectivity index is 0. The Kier molecular flexibility index (Phi) is 7.20. The molecule has 1 rings (SSSR count). The lowest BCUT2D eigenvalue weighted by molar-refractivity contribution is -0.118. The average Bonchev–Trinajstić information content (AvgIpc) is 2.70. The Labute approximate surface area is 85.4 Å². The molecule has 1 amide bonds. The lowest BCUT2D eigenvalue weighted by Gasteiger charge is -1.98. The number of hydrogen-bond donors (Lipinski definition) is 2. The van der Waals surface area contributed by atoms with Gasteiger partial charge in [-0.15, -0.1) is 0 Å². The maximum atomic E-state index is 10.7. The van der Waals surface area contributed by atoms with Crippen molar-refractivity contribution in [2.75, 3.05) is 5.75 Å². The minimum absolute atomic E-state index is 0. The minimum atomic E-state index is -0.0928. The fourth-order valence-electron chi connectivity index (χ4n) is 0.655. The van der Waals surface area contributed by atoms with Crippen LogP contribution in [0.3, 0.4) is 0 Å². The number of amides is 1. The predicted molar refractivity (Wildman–Crippen MR) is 57.9 cm³/mol. The van der Waals surface area contributed by atoms with E-state index in [9.17, 15) is 4.79 Å². The number of rotatable bonds is 3. The Morgan fingerprint density at radius 3 is 2.85 bits per heavy atom. The Morgan fingerprint density at radius 1 is 1.69 bits per heavy atom. The van der Waals surface area contributed by atoms with E-state index < -0.39 is 0 Å². The summed E-state index contributed by atoms with van der Waals surface area (Å²) in [7, 11) is 0. The summed E-state index contributed by atoms with van der Waals surface area (Å²) in [6, 6.07) is 3.58. The molecule has 0 radical (unpaired) electrons. The molecule has 1 N–H and O–H groups in total. The van der Waals surface area contributed by atoms with E-state index in [0.29, 0.717) is 6.54 Å². The molecular formula is C9H17NO2S. The third-order valence-electron chi connectivity index (χ3n) is 1.18. The van der Waals surface area contributed by atoms with Gasteiger partial charge in [-0.05, 0) is 12.1 Å². The zero-order chi connectivity index (χ0) is 10.1. The highest BCUT2D eigenvalue weighted by Gasteiger charge is 1.98. The zero-order valence-electron chi connectivity index (χ0n) is 7.91. The summed E-state index contributed by atoms with van der Waals surface area (Å²) in [5.74, 6) is 0.866. The summed E-state index contributed by atoms with van der Waals surface area (Å²) in [4.78, 5) is 10.7. The number of carbonyl (C=O) groups excluding carboxylic acids is 1. The van der Waals surface area contributed by atoms with Crippen LogP contribution in [0, 0.1) is 0 Å². The largest absolute Gasteiger partial charge is 0.467 e. The van der Waals surface area contributed by atoms with Crippen LogP contribution in [-0.2, 0) is 11.3 Å². The van der Waals surface area contributed by atoms with Crippen LogP contribution in [0.25, 0.3) is 0 Å². The van der Waals surface area contributed by atoms with Gasteiger partial charge in [0.2, 0.25) is 5.91 Å². The van der Waals surface area contributed by atoms with Crippen molar-refractivity contribution in [1.82, 2.24) is 5.32 Å². The van der Waals surface area contributed by atoms with Gasteiger partial charge in [0.05, 0.1) is 18.6 Å². The molecule has 0 atom stereocenters. The highest BCUT2D eigenvalue weighted by atomic mass is 32.1. The second-order valence-corrected chi connectivity index (χ2v) is 2.33. The number of nitrogens with one attached hydrogen (secondary N) is 1. The molecule has 0 spiro atoms. The fourth-order valence-corrected chi connectivity index (χ4v) is 0.767. The van der Waals surface area contributed by atoms with Gasteiger partial charge in [0.25, 0.3) is 0 Å². The predicted octanol–water partition coefficient (Wildman–Crippen LogP) is 2.10. The number of furan rings is 1. The first-order valence-electron chi connectivity index (χ1n) is 4.23. The lowest BCUT2D eigenvalue weighted by atomic mass is 10.4. The topological polar surface area (TPSA) is 42.2 Å². The molecule has 0 unspecified atom stereocenters. The Hall–Kier alpha value is -0.900. The molecule has 0 aliphatic heterocycles. The van der Waals surface area contributed by atoms with E-state index in [1.807, 2.05) is 13.8 Å². The summed E-state index contributed by atoms with van der Waals surface area (Å²) in [5, 5.41) is 2.63. The molecule has 13 heavy (non-hydrogen) atoms. The molecule has 76 valence electrons. The fraction of sp³-hybridized carbons (Fsp3) is 0.444. The third kappa shape index (κ3) is 5.36. The van der Waals surface area contributed by atoms with Gasteiger partial charge in [-0.1, -0.05) is 13.8 Å². The van der Waals surface area contributed by atoms with E-state index in [4.69, 9.17) is 4.42 Å². The van der Waals surface area contributed by atoms with Gasteiger partial charge in [-0.3, -0.25) is 4.79 Å². The third-order valence-corrected chi connectivity index (χ3v) is 1.47. The van der Waals surface area contributed by atoms with Crippen LogP contribution in [0.4, 0.5) is 0 Å². The van der Waals surface area contributed by atoms with Gasteiger partial charge in [-0.25, -0.2) is 0 Å². The second kappa shape index (κ2) is 7.73. The van der Waals surface area contributed by atoms with Crippen molar-refractivity contribution in [2.24, 2.45) is 0 Å². The van der Waals surface area contributed by atoms with E-state index in [0.717, 1.165) is 5.76 Å². The molecule has 3 nitrogen and oxygen atoms in total. The molecule has 1 heterocycles. The summed E-state index contributed by atoms with van der Waals surface area (Å²) in [6.45, 7) is 4.44. The first-order chi connectivity index (χ1) is 6.33. The van der Waals surface area contributed by atoms with E-state index in [1.165, 1.54) is 0 Å². The molecule has 1 aromatic rings. The van der Waals surface area contributed by atoms with E-state index in [-0.39, 0.29) is 13.1 Å². The standard InChI is InChI=1S/C7H9NO2S.C2H6.H2/c9-7(5-11)8-4-6-2-1-3-10-6;1-2;/h1-3,11H,4-5H2,(H,8,9);1-2H3;1H. The van der Waals surface area contributed by atoms with E-state index in [2.05, 4.69) is 17.9 Å². The van der Waals surface area contributed by atoms with Gasteiger partial charge in [-0.2, -0.15) is 12.6 Å². The maximum absolute atomic E-state index is 10.7. The van der Waals surface area contributed by atoms with Crippen molar-refractivity contribution in [3.05, 3.63) is 24.2 Å². The minimum Gasteiger partial charge on any atom is -0.467 e. The monoisotopic (exact) mass is 203 g/mol. The Bertz CT molecular complexity index is 227. The van der Waals surface area contributed by atoms with Gasteiger partial charge < -0.3 is 9.73 Å². The van der Waals surface area contributed by atoms with Crippen LogP contribution < -0.4 is 5.32 Å². The normalized spacial score (nSPS) is 8.54. The van der Waals surface area contributed by atoms with Crippen molar-refractivity contribution in [2.45, 2.75) is 20.4 Å². The summed E-state index contributed by atoms with van der Waals surface area (Å²) in [6.07, 6.45) is 1.57. The lowest BCUT2D eigenvalue weighted by Crippen LogP contribution is -2.23.